The molecule has 0 fully saturated rings. The highest BCUT2D eigenvalue weighted by Gasteiger charge is 2.24. The smallest absolute Gasteiger partial charge is 0.183 e. The molecule has 0 saturated heterocycles. The Morgan fingerprint density at radius 3 is 2.24 bits per heavy atom. The zero-order chi connectivity index (χ0) is 13.0. The molecule has 94 valence electrons. The summed E-state index contributed by atoms with van der Waals surface area (Å²) in [5.74, 6) is -1.26. The Morgan fingerprint density at radius 1 is 1.24 bits per heavy atom. The van der Waals surface area contributed by atoms with Crippen molar-refractivity contribution in [2.75, 3.05) is 27.9 Å². The maximum absolute atomic E-state index is 13.9. The van der Waals surface area contributed by atoms with E-state index in [9.17, 15) is 9.18 Å². The van der Waals surface area contributed by atoms with Gasteiger partial charge in [-0.05, 0) is 0 Å². The number of benzene rings is 1. The quantitative estimate of drug-likeness (QED) is 0.781. The van der Waals surface area contributed by atoms with E-state index < -0.39 is 11.6 Å². The molecule has 1 rings (SSSR count). The van der Waals surface area contributed by atoms with Gasteiger partial charge in [0.2, 0.25) is 0 Å². The van der Waals surface area contributed by atoms with Crippen molar-refractivity contribution < 1.29 is 23.4 Å². The number of nitrogens with two attached hydrogens (primary N) is 1. The van der Waals surface area contributed by atoms with Crippen molar-refractivity contribution in [2.24, 2.45) is 5.73 Å². The van der Waals surface area contributed by atoms with E-state index >= 15 is 0 Å². The average molecular weight is 243 g/mol. The molecule has 0 spiro atoms. The zero-order valence-electron chi connectivity index (χ0n) is 9.87. The van der Waals surface area contributed by atoms with Crippen LogP contribution in [0.15, 0.2) is 6.07 Å². The number of carbonyl (C=O) groups excluding carboxylic acids is 1. The maximum Gasteiger partial charge on any atom is 0.183 e. The van der Waals surface area contributed by atoms with Crippen LogP contribution >= 0.6 is 0 Å². The summed E-state index contributed by atoms with van der Waals surface area (Å²) in [7, 11) is 3.99. The molecule has 5 nitrogen and oxygen atoms in total. The van der Waals surface area contributed by atoms with E-state index in [1.165, 1.54) is 27.4 Å². The molecule has 6 heteroatoms. The number of hydrogen-bond acceptors (Lipinski definition) is 5. The summed E-state index contributed by atoms with van der Waals surface area (Å²) in [4.78, 5) is 11.6. The largest absolute Gasteiger partial charge is 0.494 e. The van der Waals surface area contributed by atoms with Gasteiger partial charge in [-0.15, -0.1) is 0 Å². The van der Waals surface area contributed by atoms with Crippen molar-refractivity contribution in [1.29, 1.82) is 0 Å². The number of halogens is 1. The highest BCUT2D eigenvalue weighted by molar-refractivity contribution is 6.01. The Kier molecular flexibility index (Phi) is 4.28. The second kappa shape index (κ2) is 5.49. The van der Waals surface area contributed by atoms with Crippen molar-refractivity contribution in [3.05, 3.63) is 17.4 Å². The molecule has 0 aromatic heterocycles. The third-order valence-corrected chi connectivity index (χ3v) is 2.26. The number of hydrogen-bond donors (Lipinski definition) is 1. The predicted octanol–water partition coefficient (Wildman–Crippen LogP) is 0.993. The molecule has 0 bridgehead atoms. The van der Waals surface area contributed by atoms with E-state index in [0.29, 0.717) is 0 Å². The lowest BCUT2D eigenvalue weighted by atomic mass is 10.1. The molecular formula is C11H14FNO4. The van der Waals surface area contributed by atoms with Gasteiger partial charge in [-0.3, -0.25) is 4.79 Å². The lowest BCUT2D eigenvalue weighted by Gasteiger charge is -2.14. The van der Waals surface area contributed by atoms with E-state index in [2.05, 4.69) is 0 Å². The molecule has 0 aliphatic heterocycles. The minimum absolute atomic E-state index is 0.0150. The molecule has 0 unspecified atom stereocenters. The van der Waals surface area contributed by atoms with Gasteiger partial charge >= 0.3 is 0 Å². The fourth-order valence-electron chi connectivity index (χ4n) is 1.45. The standard InChI is InChI=1S/C11H14FNO4/c1-15-7-4-8(16-2)11(17-3)9(10(7)12)6(14)5-13/h4H,5,13H2,1-3H3. The summed E-state index contributed by atoms with van der Waals surface area (Å²) >= 11 is 0. The fraction of sp³-hybridized carbons (Fsp3) is 0.364. The summed E-state index contributed by atoms with van der Waals surface area (Å²) in [5.41, 5.74) is 4.97. The van der Waals surface area contributed by atoms with Crippen LogP contribution in [-0.2, 0) is 0 Å². The molecule has 17 heavy (non-hydrogen) atoms. The first-order valence-electron chi connectivity index (χ1n) is 4.82. The third-order valence-electron chi connectivity index (χ3n) is 2.26. The van der Waals surface area contributed by atoms with Crippen LogP contribution in [0.25, 0.3) is 0 Å². The second-order valence-electron chi connectivity index (χ2n) is 3.13. The summed E-state index contributed by atoms with van der Waals surface area (Å²) in [6, 6.07) is 1.31. The topological polar surface area (TPSA) is 70.8 Å². The molecule has 1 aromatic rings. The lowest BCUT2D eigenvalue weighted by Crippen LogP contribution is -2.17. The minimum atomic E-state index is -0.805. The molecule has 0 aliphatic rings. The normalized spacial score (nSPS) is 9.94. The van der Waals surface area contributed by atoms with Gasteiger partial charge in [-0.1, -0.05) is 0 Å². The van der Waals surface area contributed by atoms with Crippen molar-refractivity contribution in [1.82, 2.24) is 0 Å². The Balaban J connectivity index is 3.55. The van der Waals surface area contributed by atoms with Crippen molar-refractivity contribution in [2.45, 2.75) is 0 Å². The Labute approximate surface area is 98.3 Å². The van der Waals surface area contributed by atoms with E-state index in [-0.39, 0.29) is 29.4 Å². The summed E-state index contributed by atoms with van der Waals surface area (Å²) in [6.07, 6.45) is 0. The van der Waals surface area contributed by atoms with Crippen LogP contribution in [-0.4, -0.2) is 33.7 Å². The number of carbonyl (C=O) groups is 1. The summed E-state index contributed by atoms with van der Waals surface area (Å²) < 4.78 is 28.7. The van der Waals surface area contributed by atoms with E-state index in [0.717, 1.165) is 0 Å². The molecule has 0 aliphatic carbocycles. The summed E-state index contributed by atoms with van der Waals surface area (Å²) in [5, 5.41) is 0. The molecule has 0 heterocycles. The number of rotatable bonds is 5. The van der Waals surface area contributed by atoms with Gasteiger partial charge in [-0.25, -0.2) is 4.39 Å². The Bertz CT molecular complexity index is 434. The van der Waals surface area contributed by atoms with Gasteiger partial charge in [0.05, 0.1) is 27.9 Å². The van der Waals surface area contributed by atoms with Crippen molar-refractivity contribution >= 4 is 5.78 Å². The zero-order valence-corrected chi connectivity index (χ0v) is 9.87. The van der Waals surface area contributed by atoms with E-state index in [4.69, 9.17) is 19.9 Å². The van der Waals surface area contributed by atoms with Crippen LogP contribution in [0.1, 0.15) is 10.4 Å². The third kappa shape index (κ3) is 2.31. The number of Topliss-reactive ketones (excluding diaryl/α,β-unsaturated/α-hetero) is 1. The van der Waals surface area contributed by atoms with Crippen LogP contribution in [0.3, 0.4) is 0 Å². The first-order valence-corrected chi connectivity index (χ1v) is 4.82. The first kappa shape index (κ1) is 13.2. The molecule has 2 N–H and O–H groups in total. The fourth-order valence-corrected chi connectivity index (χ4v) is 1.45. The number of methoxy groups -OCH3 is 3. The van der Waals surface area contributed by atoms with E-state index in [1.807, 2.05) is 0 Å². The molecular weight excluding hydrogens is 229 g/mol. The van der Waals surface area contributed by atoms with Crippen molar-refractivity contribution in [3.8, 4) is 17.2 Å². The van der Waals surface area contributed by atoms with Crippen LogP contribution < -0.4 is 19.9 Å². The highest BCUT2D eigenvalue weighted by atomic mass is 19.1. The van der Waals surface area contributed by atoms with Gasteiger partial charge in [-0.2, -0.15) is 0 Å². The van der Waals surface area contributed by atoms with E-state index in [1.54, 1.807) is 0 Å². The van der Waals surface area contributed by atoms with Gasteiger partial charge < -0.3 is 19.9 Å². The van der Waals surface area contributed by atoms with Crippen LogP contribution in [0.4, 0.5) is 4.39 Å². The monoisotopic (exact) mass is 243 g/mol. The van der Waals surface area contributed by atoms with Crippen molar-refractivity contribution in [3.63, 3.8) is 0 Å². The number of ketones is 1. The van der Waals surface area contributed by atoms with Gasteiger partial charge in [0, 0.05) is 6.07 Å². The lowest BCUT2D eigenvalue weighted by molar-refractivity contribution is 0.0992. The predicted molar refractivity (Wildman–Crippen MR) is 59.4 cm³/mol. The van der Waals surface area contributed by atoms with Crippen LogP contribution in [0, 0.1) is 5.82 Å². The summed E-state index contributed by atoms with van der Waals surface area (Å²) in [6.45, 7) is -0.330. The van der Waals surface area contributed by atoms with Gasteiger partial charge in [0.25, 0.3) is 0 Å². The van der Waals surface area contributed by atoms with Gasteiger partial charge in [0.1, 0.15) is 5.56 Å². The average Bonchev–Trinajstić information content (AvgIpc) is 2.36. The first-order chi connectivity index (χ1) is 8.10. The molecule has 0 saturated carbocycles. The van der Waals surface area contributed by atoms with Crippen LogP contribution in [0.2, 0.25) is 0 Å². The second-order valence-corrected chi connectivity index (χ2v) is 3.13. The van der Waals surface area contributed by atoms with Crippen LogP contribution in [0.5, 0.6) is 17.2 Å². The molecule has 0 amide bonds. The SMILES string of the molecule is COc1cc(OC)c(OC)c(C(=O)CN)c1F. The maximum atomic E-state index is 13.9. The highest BCUT2D eigenvalue weighted by Crippen LogP contribution is 2.38. The minimum Gasteiger partial charge on any atom is -0.494 e. The molecule has 0 atom stereocenters. The Morgan fingerprint density at radius 2 is 1.82 bits per heavy atom. The molecule has 1 aromatic carbocycles. The Hall–Kier alpha value is -1.82. The number of ether oxygens (including phenoxy) is 3. The van der Waals surface area contributed by atoms with Gasteiger partial charge in [0.15, 0.2) is 28.8 Å². The molecule has 0 radical (unpaired) electrons.